The Kier molecular flexibility index (Phi) is 8.35. The number of aromatic nitrogens is 2. The van der Waals surface area contributed by atoms with Gasteiger partial charge in [-0.2, -0.15) is 0 Å². The van der Waals surface area contributed by atoms with Crippen molar-refractivity contribution < 1.29 is 9.90 Å². The number of hydrogen-bond donors (Lipinski definition) is 2. The molecule has 1 aromatic heterocycles. The van der Waals surface area contributed by atoms with Crippen LogP contribution in [-0.4, -0.2) is 70.8 Å². The number of hydrogen-bond acceptors (Lipinski definition) is 6. The van der Waals surface area contributed by atoms with E-state index in [-0.39, 0.29) is 28.8 Å². The molecule has 4 fully saturated rings. The normalized spacial score (nSPS) is 30.2. The van der Waals surface area contributed by atoms with Crippen LogP contribution in [0.2, 0.25) is 0 Å². The van der Waals surface area contributed by atoms with Crippen molar-refractivity contribution in [2.24, 2.45) is 11.8 Å². The van der Waals surface area contributed by atoms with E-state index in [1.165, 1.54) is 44.3 Å². The van der Waals surface area contributed by atoms with Gasteiger partial charge in [-0.25, -0.2) is 9.97 Å². The van der Waals surface area contributed by atoms with Gasteiger partial charge in [0.1, 0.15) is 11.6 Å². The fourth-order valence-electron chi connectivity index (χ4n) is 6.50. The van der Waals surface area contributed by atoms with Gasteiger partial charge in [-0.15, -0.1) is 0 Å². The minimum Gasteiger partial charge on any atom is -0.393 e. The van der Waals surface area contributed by atoms with Crippen LogP contribution in [0.1, 0.15) is 110 Å². The van der Waals surface area contributed by atoms with E-state index in [9.17, 15) is 9.90 Å². The first-order valence-corrected chi connectivity index (χ1v) is 15.4. The molecule has 0 spiro atoms. The predicted octanol–water partition coefficient (Wildman–Crippen LogP) is 4.56. The van der Waals surface area contributed by atoms with Gasteiger partial charge in [0.25, 0.3) is 0 Å². The Balaban J connectivity index is 1.04. The summed E-state index contributed by atoms with van der Waals surface area (Å²) in [5.74, 6) is 3.22. The minimum absolute atomic E-state index is 0.0426. The number of anilines is 1. The molecule has 1 amide bonds. The highest BCUT2D eigenvalue weighted by molar-refractivity contribution is 5.79. The highest BCUT2D eigenvalue weighted by atomic mass is 16.3. The summed E-state index contributed by atoms with van der Waals surface area (Å²) in [5, 5.41) is 13.0. The maximum Gasteiger partial charge on any atom is 0.223 e. The summed E-state index contributed by atoms with van der Waals surface area (Å²) in [7, 11) is 0. The van der Waals surface area contributed by atoms with Crippen molar-refractivity contribution in [1.29, 1.82) is 0 Å². The van der Waals surface area contributed by atoms with E-state index in [0.29, 0.717) is 6.04 Å². The van der Waals surface area contributed by atoms with E-state index in [1.54, 1.807) is 0 Å². The third kappa shape index (κ3) is 6.88. The quantitative estimate of drug-likeness (QED) is 0.543. The summed E-state index contributed by atoms with van der Waals surface area (Å²) < 4.78 is 0. The van der Waals surface area contributed by atoms with Crippen LogP contribution in [0.5, 0.6) is 0 Å². The van der Waals surface area contributed by atoms with E-state index in [4.69, 9.17) is 9.97 Å². The number of nitrogens with one attached hydrogen (secondary N) is 1. The van der Waals surface area contributed by atoms with Crippen molar-refractivity contribution >= 4 is 11.7 Å². The summed E-state index contributed by atoms with van der Waals surface area (Å²) in [4.78, 5) is 27.8. The summed E-state index contributed by atoms with van der Waals surface area (Å²) in [6, 6.07) is 2.62. The largest absolute Gasteiger partial charge is 0.393 e. The fraction of sp³-hybridized carbons (Fsp3) is 0.839. The highest BCUT2D eigenvalue weighted by Crippen LogP contribution is 2.47. The van der Waals surface area contributed by atoms with Crippen molar-refractivity contribution in [2.75, 3.05) is 37.6 Å². The topological polar surface area (TPSA) is 81.6 Å². The number of carbonyl (C=O) groups is 1. The van der Waals surface area contributed by atoms with Crippen LogP contribution in [0.15, 0.2) is 6.07 Å². The van der Waals surface area contributed by atoms with Crippen LogP contribution in [-0.2, 0) is 15.6 Å². The van der Waals surface area contributed by atoms with E-state index >= 15 is 0 Å². The highest BCUT2D eigenvalue weighted by Gasteiger charge is 2.42. The van der Waals surface area contributed by atoms with Crippen molar-refractivity contribution in [3.05, 3.63) is 17.6 Å². The smallest absolute Gasteiger partial charge is 0.223 e. The van der Waals surface area contributed by atoms with Gasteiger partial charge in [-0.1, -0.05) is 27.7 Å². The molecule has 4 aliphatic rings. The number of piperazine rings is 1. The molecule has 0 atom stereocenters. The zero-order valence-corrected chi connectivity index (χ0v) is 24.3. The van der Waals surface area contributed by atoms with Gasteiger partial charge >= 0.3 is 0 Å². The molecule has 3 saturated carbocycles. The summed E-state index contributed by atoms with van der Waals surface area (Å²) >= 11 is 0. The summed E-state index contributed by atoms with van der Waals surface area (Å²) in [6.45, 7) is 14.4. The second-order valence-electron chi connectivity index (χ2n) is 14.1. The molecule has 0 bridgehead atoms. The molecule has 38 heavy (non-hydrogen) atoms. The van der Waals surface area contributed by atoms with Gasteiger partial charge in [0, 0.05) is 55.0 Å². The second kappa shape index (κ2) is 11.4. The standard InChI is InChI=1S/C31H51N5O2/c1-30(2,3)29-33-26(31(4)14-15-31)21-27(34-29)36-19-17-35(18-20-36)16-13-22-5-9-24(10-6-22)32-28(38)23-7-11-25(37)12-8-23/h21-25,37H,5-20H2,1-4H3,(H,32,38)/t22-,23-,24-,25-. The van der Waals surface area contributed by atoms with Gasteiger partial charge in [0.05, 0.1) is 11.8 Å². The van der Waals surface area contributed by atoms with Crippen molar-refractivity contribution in [1.82, 2.24) is 20.2 Å². The van der Waals surface area contributed by atoms with Crippen molar-refractivity contribution in [2.45, 2.75) is 121 Å². The van der Waals surface area contributed by atoms with Crippen molar-refractivity contribution in [3.63, 3.8) is 0 Å². The van der Waals surface area contributed by atoms with E-state index in [2.05, 4.69) is 48.9 Å². The van der Waals surface area contributed by atoms with Gasteiger partial charge in [0.2, 0.25) is 5.91 Å². The minimum atomic E-state index is -0.199. The molecule has 212 valence electrons. The molecule has 7 nitrogen and oxygen atoms in total. The zero-order chi connectivity index (χ0) is 26.9. The van der Waals surface area contributed by atoms with Gasteiger partial charge in [-0.3, -0.25) is 9.69 Å². The first kappa shape index (κ1) is 27.8. The molecule has 3 aliphatic carbocycles. The molecule has 1 aliphatic heterocycles. The Hall–Kier alpha value is -1.73. The number of nitrogens with zero attached hydrogens (tertiary/aromatic N) is 4. The van der Waals surface area contributed by atoms with Gasteiger partial charge in [-0.05, 0) is 83.1 Å². The molecule has 2 N–H and O–H groups in total. The molecule has 2 heterocycles. The maximum absolute atomic E-state index is 12.6. The summed E-state index contributed by atoms with van der Waals surface area (Å²) in [5.41, 5.74) is 1.44. The average molecular weight is 526 g/mol. The zero-order valence-electron chi connectivity index (χ0n) is 24.3. The van der Waals surface area contributed by atoms with Crippen LogP contribution in [0.4, 0.5) is 5.82 Å². The van der Waals surface area contributed by atoms with Crippen molar-refractivity contribution in [3.8, 4) is 0 Å². The van der Waals surface area contributed by atoms with Crippen LogP contribution in [0.25, 0.3) is 0 Å². The molecule has 0 aromatic carbocycles. The van der Waals surface area contributed by atoms with Crippen LogP contribution < -0.4 is 10.2 Å². The lowest BCUT2D eigenvalue weighted by Gasteiger charge is -2.37. The van der Waals surface area contributed by atoms with Gasteiger partial charge in [0.15, 0.2) is 0 Å². The molecule has 1 saturated heterocycles. The lowest BCUT2D eigenvalue weighted by atomic mass is 9.83. The van der Waals surface area contributed by atoms with Gasteiger partial charge < -0.3 is 15.3 Å². The SMILES string of the molecule is CC(C)(C)c1nc(N2CCN(CC[C@H]3CC[C@H](NC(=O)[C@H]4CC[C@H](O)CC4)CC3)CC2)cc(C2(C)CC2)n1. The maximum atomic E-state index is 12.6. The lowest BCUT2D eigenvalue weighted by Crippen LogP contribution is -2.47. The molecule has 5 rings (SSSR count). The Morgan fingerprint density at radius 3 is 2.26 bits per heavy atom. The molecule has 1 aromatic rings. The van der Waals surface area contributed by atoms with E-state index < -0.39 is 0 Å². The van der Waals surface area contributed by atoms with E-state index in [1.807, 2.05) is 0 Å². The first-order chi connectivity index (χ1) is 18.1. The Labute approximate surface area is 230 Å². The van der Waals surface area contributed by atoms with Crippen LogP contribution in [0.3, 0.4) is 0 Å². The molecular weight excluding hydrogens is 474 g/mol. The Bertz CT molecular complexity index is 924. The van der Waals surface area contributed by atoms with Crippen LogP contribution >= 0.6 is 0 Å². The first-order valence-electron chi connectivity index (χ1n) is 15.4. The predicted molar refractivity (Wildman–Crippen MR) is 152 cm³/mol. The number of amides is 1. The number of aliphatic hydroxyl groups excluding tert-OH is 1. The number of aliphatic hydroxyl groups is 1. The van der Waals surface area contributed by atoms with E-state index in [0.717, 1.165) is 82.3 Å². The molecular formula is C31H51N5O2. The summed E-state index contributed by atoms with van der Waals surface area (Å²) in [6.07, 6.45) is 11.5. The molecule has 0 unspecified atom stereocenters. The lowest BCUT2D eigenvalue weighted by molar-refractivity contribution is -0.127. The third-order valence-electron chi connectivity index (χ3n) is 9.81. The molecule has 0 radical (unpaired) electrons. The Morgan fingerprint density at radius 1 is 1.00 bits per heavy atom. The number of rotatable bonds is 7. The third-order valence-corrected chi connectivity index (χ3v) is 9.81. The second-order valence-corrected chi connectivity index (χ2v) is 14.1. The average Bonchev–Trinajstić information content (AvgIpc) is 3.66. The number of carbonyl (C=O) groups excluding carboxylic acids is 1. The fourth-order valence-corrected chi connectivity index (χ4v) is 6.50. The molecule has 7 heteroatoms. The monoisotopic (exact) mass is 525 g/mol. The Morgan fingerprint density at radius 2 is 1.66 bits per heavy atom. The van der Waals surface area contributed by atoms with Crippen LogP contribution in [0, 0.1) is 11.8 Å².